The van der Waals surface area contributed by atoms with Crippen LogP contribution in [0.3, 0.4) is 0 Å². The molecule has 1 amide bonds. The van der Waals surface area contributed by atoms with Crippen LogP contribution < -0.4 is 11.5 Å². The van der Waals surface area contributed by atoms with Crippen molar-refractivity contribution in [3.63, 3.8) is 0 Å². The van der Waals surface area contributed by atoms with Crippen molar-refractivity contribution in [3.05, 3.63) is 12.2 Å². The van der Waals surface area contributed by atoms with Gasteiger partial charge >= 0.3 is 0 Å². The van der Waals surface area contributed by atoms with E-state index in [-0.39, 0.29) is 11.8 Å². The number of nitrogens with two attached hydrogens (primary N) is 2. The van der Waals surface area contributed by atoms with Gasteiger partial charge in [-0.2, -0.15) is 0 Å². The van der Waals surface area contributed by atoms with E-state index in [1.807, 2.05) is 0 Å². The minimum Gasteiger partial charge on any atom is -0.370 e. The first-order valence-electron chi connectivity index (χ1n) is 4.37. The second kappa shape index (κ2) is 4.26. The molecular formula is C9H16N2O. The first kappa shape index (κ1) is 9.26. The predicted molar refractivity (Wildman–Crippen MR) is 48.2 cm³/mol. The number of carbonyl (C=O) groups excluding carboxylic acids is 1. The standard InChI is InChI=1S/C9H16N2O/c10-6-8(5-9(11)12)7-3-1-2-4-7/h1-2,7-8H,3-6,10H2,(H2,11,12). The fourth-order valence-electron chi connectivity index (χ4n) is 1.72. The van der Waals surface area contributed by atoms with Crippen LogP contribution in [0, 0.1) is 11.8 Å². The Morgan fingerprint density at radius 2 is 2.08 bits per heavy atom. The van der Waals surface area contributed by atoms with Crippen LogP contribution >= 0.6 is 0 Å². The Bertz CT molecular complexity index is 181. The average Bonchev–Trinajstić information content (AvgIpc) is 2.51. The highest BCUT2D eigenvalue weighted by Gasteiger charge is 2.22. The molecule has 1 aliphatic carbocycles. The van der Waals surface area contributed by atoms with Crippen LogP contribution in [0.5, 0.6) is 0 Å². The van der Waals surface area contributed by atoms with Crippen molar-refractivity contribution in [1.82, 2.24) is 0 Å². The van der Waals surface area contributed by atoms with Crippen LogP contribution in [0.15, 0.2) is 12.2 Å². The van der Waals surface area contributed by atoms with E-state index in [1.165, 1.54) is 0 Å². The number of hydrogen-bond donors (Lipinski definition) is 2. The maximum absolute atomic E-state index is 10.7. The number of amides is 1. The molecule has 0 aromatic carbocycles. The van der Waals surface area contributed by atoms with Gasteiger partial charge in [0.2, 0.25) is 5.91 Å². The molecule has 4 N–H and O–H groups in total. The third-order valence-electron chi connectivity index (χ3n) is 2.48. The van der Waals surface area contributed by atoms with Crippen LogP contribution in [-0.2, 0) is 4.79 Å². The van der Waals surface area contributed by atoms with Crippen molar-refractivity contribution < 1.29 is 4.79 Å². The molecule has 12 heavy (non-hydrogen) atoms. The second-order valence-corrected chi connectivity index (χ2v) is 3.37. The Morgan fingerprint density at radius 1 is 1.50 bits per heavy atom. The van der Waals surface area contributed by atoms with Crippen LogP contribution in [0.2, 0.25) is 0 Å². The molecule has 68 valence electrons. The lowest BCUT2D eigenvalue weighted by Crippen LogP contribution is -2.27. The fraction of sp³-hybridized carbons (Fsp3) is 0.667. The number of allylic oxidation sites excluding steroid dienone is 2. The molecular weight excluding hydrogens is 152 g/mol. The highest BCUT2D eigenvalue weighted by molar-refractivity contribution is 5.74. The summed E-state index contributed by atoms with van der Waals surface area (Å²) in [5.74, 6) is 0.581. The van der Waals surface area contributed by atoms with Crippen LogP contribution in [0.4, 0.5) is 0 Å². The van der Waals surface area contributed by atoms with Gasteiger partial charge in [-0.05, 0) is 31.2 Å². The molecule has 0 aromatic heterocycles. The first-order chi connectivity index (χ1) is 5.74. The molecule has 0 aromatic rings. The molecule has 1 aliphatic rings. The summed E-state index contributed by atoms with van der Waals surface area (Å²) in [5, 5.41) is 0. The SMILES string of the molecule is NCC(CC(N)=O)C1CC=CC1. The Hall–Kier alpha value is -0.830. The summed E-state index contributed by atoms with van der Waals surface area (Å²) < 4.78 is 0. The van der Waals surface area contributed by atoms with Crippen molar-refractivity contribution in [1.29, 1.82) is 0 Å². The second-order valence-electron chi connectivity index (χ2n) is 3.37. The van der Waals surface area contributed by atoms with Crippen LogP contribution in [-0.4, -0.2) is 12.5 Å². The van der Waals surface area contributed by atoms with Gasteiger partial charge in [0, 0.05) is 6.42 Å². The minimum absolute atomic E-state index is 0.239. The van der Waals surface area contributed by atoms with E-state index in [0.717, 1.165) is 12.8 Å². The Labute approximate surface area is 72.8 Å². The number of primary amides is 1. The quantitative estimate of drug-likeness (QED) is 0.597. The van der Waals surface area contributed by atoms with Gasteiger partial charge in [0.15, 0.2) is 0 Å². The highest BCUT2D eigenvalue weighted by atomic mass is 16.1. The van der Waals surface area contributed by atoms with Crippen molar-refractivity contribution in [3.8, 4) is 0 Å². The minimum atomic E-state index is -0.239. The van der Waals surface area contributed by atoms with Crippen LogP contribution in [0.25, 0.3) is 0 Å². The van der Waals surface area contributed by atoms with Crippen molar-refractivity contribution >= 4 is 5.91 Å². The van der Waals surface area contributed by atoms with Gasteiger partial charge < -0.3 is 11.5 Å². The third kappa shape index (κ3) is 2.34. The average molecular weight is 168 g/mol. The molecule has 0 radical (unpaired) electrons. The summed E-state index contributed by atoms with van der Waals surface area (Å²) in [6.45, 7) is 0.565. The summed E-state index contributed by atoms with van der Waals surface area (Å²) in [6.07, 6.45) is 6.83. The molecule has 0 bridgehead atoms. The van der Waals surface area contributed by atoms with Crippen molar-refractivity contribution in [2.45, 2.75) is 19.3 Å². The zero-order valence-electron chi connectivity index (χ0n) is 7.20. The summed E-state index contributed by atoms with van der Waals surface area (Å²) in [5.41, 5.74) is 10.7. The van der Waals surface area contributed by atoms with E-state index in [9.17, 15) is 4.79 Å². The van der Waals surface area contributed by atoms with E-state index in [1.54, 1.807) is 0 Å². The molecule has 0 saturated heterocycles. The molecule has 3 heteroatoms. The molecule has 0 heterocycles. The van der Waals surface area contributed by atoms with Gasteiger partial charge in [-0.15, -0.1) is 0 Å². The van der Waals surface area contributed by atoms with Gasteiger partial charge in [0.1, 0.15) is 0 Å². The Morgan fingerprint density at radius 3 is 2.50 bits per heavy atom. The largest absolute Gasteiger partial charge is 0.370 e. The smallest absolute Gasteiger partial charge is 0.217 e. The molecule has 1 atom stereocenters. The summed E-state index contributed by atoms with van der Waals surface area (Å²) >= 11 is 0. The molecule has 0 fully saturated rings. The molecule has 0 spiro atoms. The van der Waals surface area contributed by atoms with E-state index in [4.69, 9.17) is 11.5 Å². The van der Waals surface area contributed by atoms with E-state index in [0.29, 0.717) is 18.9 Å². The summed E-state index contributed by atoms with van der Waals surface area (Å²) in [6, 6.07) is 0. The number of rotatable bonds is 4. The molecule has 3 nitrogen and oxygen atoms in total. The lowest BCUT2D eigenvalue weighted by atomic mass is 9.87. The molecule has 1 unspecified atom stereocenters. The first-order valence-corrected chi connectivity index (χ1v) is 4.37. The summed E-state index contributed by atoms with van der Waals surface area (Å²) in [4.78, 5) is 10.7. The zero-order valence-corrected chi connectivity index (χ0v) is 7.20. The van der Waals surface area contributed by atoms with Crippen LogP contribution in [0.1, 0.15) is 19.3 Å². The maximum atomic E-state index is 10.7. The van der Waals surface area contributed by atoms with E-state index >= 15 is 0 Å². The summed E-state index contributed by atoms with van der Waals surface area (Å²) in [7, 11) is 0. The highest BCUT2D eigenvalue weighted by Crippen LogP contribution is 2.27. The molecule has 1 rings (SSSR count). The van der Waals surface area contributed by atoms with Crippen molar-refractivity contribution in [2.75, 3.05) is 6.54 Å². The lowest BCUT2D eigenvalue weighted by Gasteiger charge is -2.19. The topological polar surface area (TPSA) is 69.1 Å². The predicted octanol–water partition coefficient (Wildman–Crippen LogP) is 0.403. The lowest BCUT2D eigenvalue weighted by molar-refractivity contribution is -0.119. The van der Waals surface area contributed by atoms with Gasteiger partial charge in [-0.3, -0.25) is 4.79 Å². The molecule has 0 aliphatic heterocycles. The normalized spacial score (nSPS) is 19.8. The Kier molecular flexibility index (Phi) is 3.29. The maximum Gasteiger partial charge on any atom is 0.217 e. The third-order valence-corrected chi connectivity index (χ3v) is 2.48. The monoisotopic (exact) mass is 168 g/mol. The molecule has 0 saturated carbocycles. The number of carbonyl (C=O) groups is 1. The zero-order chi connectivity index (χ0) is 8.97. The van der Waals surface area contributed by atoms with Crippen molar-refractivity contribution in [2.24, 2.45) is 23.3 Å². The van der Waals surface area contributed by atoms with Gasteiger partial charge in [-0.25, -0.2) is 0 Å². The van der Waals surface area contributed by atoms with E-state index < -0.39 is 0 Å². The van der Waals surface area contributed by atoms with E-state index in [2.05, 4.69) is 12.2 Å². The number of hydrogen-bond acceptors (Lipinski definition) is 2. The van der Waals surface area contributed by atoms with Gasteiger partial charge in [0.25, 0.3) is 0 Å². The fourth-order valence-corrected chi connectivity index (χ4v) is 1.72. The Balaban J connectivity index is 2.39. The van der Waals surface area contributed by atoms with Gasteiger partial charge in [-0.1, -0.05) is 12.2 Å². The van der Waals surface area contributed by atoms with Gasteiger partial charge in [0.05, 0.1) is 0 Å².